The summed E-state index contributed by atoms with van der Waals surface area (Å²) in [6, 6.07) is 15.2. The van der Waals surface area contributed by atoms with Gasteiger partial charge in [0.2, 0.25) is 0 Å². The molecule has 2 amide bonds. The Hall–Kier alpha value is -3.32. The van der Waals surface area contributed by atoms with Crippen molar-refractivity contribution >= 4 is 28.7 Å². The van der Waals surface area contributed by atoms with Gasteiger partial charge in [-0.3, -0.25) is 10.1 Å². The molecule has 0 spiro atoms. The molecule has 1 aromatic heterocycles. The van der Waals surface area contributed by atoms with Crippen LogP contribution in [0, 0.1) is 6.92 Å². The number of carboxylic acids is 1. The maximum atomic E-state index is 13.1. The third-order valence-electron chi connectivity index (χ3n) is 6.48. The molecule has 7 heteroatoms. The van der Waals surface area contributed by atoms with Crippen LogP contribution in [-0.4, -0.2) is 45.2 Å². The molecule has 1 saturated heterocycles. The number of nitrogens with zero attached hydrogens (tertiary/aromatic N) is 1. The van der Waals surface area contributed by atoms with E-state index in [1.807, 2.05) is 62.4 Å². The van der Waals surface area contributed by atoms with Gasteiger partial charge in [-0.1, -0.05) is 49.4 Å². The summed E-state index contributed by atoms with van der Waals surface area (Å²) in [7, 11) is 0. The number of amides is 2. The smallest absolute Gasteiger partial charge is 0.322 e. The molecule has 4 N–H and O–H groups in total. The van der Waals surface area contributed by atoms with Crippen LogP contribution >= 0.6 is 0 Å². The number of aliphatic hydroxyl groups is 1. The number of aryl methyl sites for hydroxylation is 1. The molecule has 2 aromatic carbocycles. The number of fused-ring (bicyclic) bond motifs is 1. The lowest BCUT2D eigenvalue weighted by atomic mass is 9.82. The largest absolute Gasteiger partial charge is 0.481 e. The summed E-state index contributed by atoms with van der Waals surface area (Å²) < 4.78 is 0. The molecule has 0 saturated carbocycles. The summed E-state index contributed by atoms with van der Waals surface area (Å²) in [6.45, 7) is 4.69. The maximum absolute atomic E-state index is 13.1. The first-order valence-corrected chi connectivity index (χ1v) is 11.0. The van der Waals surface area contributed by atoms with Crippen LogP contribution < -0.4 is 5.32 Å². The van der Waals surface area contributed by atoms with Crippen LogP contribution in [0.2, 0.25) is 0 Å². The van der Waals surface area contributed by atoms with Crippen molar-refractivity contribution in [2.24, 2.45) is 0 Å². The molecule has 1 aliphatic rings. The molecule has 3 aromatic rings. The highest BCUT2D eigenvalue weighted by molar-refractivity contribution is 5.96. The first kappa shape index (κ1) is 21.9. The highest BCUT2D eigenvalue weighted by Crippen LogP contribution is 2.36. The number of benzene rings is 2. The minimum absolute atomic E-state index is 0.0299. The average molecular weight is 436 g/mol. The second-order valence-corrected chi connectivity index (χ2v) is 8.72. The van der Waals surface area contributed by atoms with E-state index in [1.54, 1.807) is 4.90 Å². The molecule has 168 valence electrons. The lowest BCUT2D eigenvalue weighted by molar-refractivity contribution is -0.137. The van der Waals surface area contributed by atoms with E-state index in [4.69, 9.17) is 0 Å². The Morgan fingerprint density at radius 2 is 1.78 bits per heavy atom. The van der Waals surface area contributed by atoms with E-state index in [0.29, 0.717) is 31.7 Å². The van der Waals surface area contributed by atoms with Crippen LogP contribution in [0.25, 0.3) is 10.9 Å². The fourth-order valence-corrected chi connectivity index (χ4v) is 4.77. The van der Waals surface area contributed by atoms with Crippen molar-refractivity contribution < 1.29 is 19.8 Å². The van der Waals surface area contributed by atoms with Gasteiger partial charge in [0.1, 0.15) is 5.82 Å². The third kappa shape index (κ3) is 4.21. The number of aromatic nitrogens is 1. The number of para-hydroxylation sites is 1. The minimum atomic E-state index is -0.940. The van der Waals surface area contributed by atoms with E-state index in [2.05, 4.69) is 10.3 Å². The number of aromatic amines is 1. The molecule has 1 unspecified atom stereocenters. The number of likely N-dealkylation sites (tertiary alicyclic amines) is 1. The molecule has 4 rings (SSSR count). The highest BCUT2D eigenvalue weighted by atomic mass is 16.4. The number of nitrogens with one attached hydrogen (secondary N) is 2. The number of aliphatic carboxylic acids is 1. The van der Waals surface area contributed by atoms with E-state index < -0.39 is 11.6 Å². The zero-order chi connectivity index (χ0) is 22.9. The number of carboxylic acid groups (broad SMARTS) is 1. The molecule has 1 fully saturated rings. The van der Waals surface area contributed by atoms with Crippen LogP contribution in [0.3, 0.4) is 0 Å². The van der Waals surface area contributed by atoms with E-state index in [9.17, 15) is 19.8 Å². The van der Waals surface area contributed by atoms with Gasteiger partial charge in [0.25, 0.3) is 0 Å². The Labute approximate surface area is 187 Å². The predicted octanol–water partition coefficient (Wildman–Crippen LogP) is 4.57. The Kier molecular flexibility index (Phi) is 5.93. The topological polar surface area (TPSA) is 106 Å². The summed E-state index contributed by atoms with van der Waals surface area (Å²) in [5.74, 6) is -0.622. The maximum Gasteiger partial charge on any atom is 0.322 e. The summed E-state index contributed by atoms with van der Waals surface area (Å²) >= 11 is 0. The van der Waals surface area contributed by atoms with Crippen molar-refractivity contribution in [2.45, 2.75) is 44.6 Å². The predicted molar refractivity (Wildman–Crippen MR) is 124 cm³/mol. The van der Waals surface area contributed by atoms with Crippen molar-refractivity contribution in [1.29, 1.82) is 0 Å². The molecule has 1 atom stereocenters. The molecular formula is C25H29N3O4. The lowest BCUT2D eigenvalue weighted by Crippen LogP contribution is -2.47. The first-order valence-electron chi connectivity index (χ1n) is 11.0. The zero-order valence-corrected chi connectivity index (χ0v) is 18.4. The van der Waals surface area contributed by atoms with Gasteiger partial charge >= 0.3 is 12.0 Å². The quantitative estimate of drug-likeness (QED) is 0.471. The van der Waals surface area contributed by atoms with Crippen molar-refractivity contribution in [2.75, 3.05) is 18.4 Å². The van der Waals surface area contributed by atoms with E-state index >= 15 is 0 Å². The van der Waals surface area contributed by atoms with Gasteiger partial charge in [-0.05, 0) is 42.9 Å². The molecule has 0 bridgehead atoms. The molecule has 0 aliphatic carbocycles. The SMILES string of the molecule is Cc1ccccc1C1(O)CCN(C(=O)Nc2[nH]c3ccccc3c2C(C)CC(=O)O)CC1. The van der Waals surface area contributed by atoms with Gasteiger partial charge in [-0.2, -0.15) is 0 Å². The van der Waals surface area contributed by atoms with Crippen LogP contribution in [0.4, 0.5) is 10.6 Å². The second-order valence-electron chi connectivity index (χ2n) is 8.72. The second kappa shape index (κ2) is 8.67. The van der Waals surface area contributed by atoms with Crippen LogP contribution in [0.1, 0.15) is 48.8 Å². The molecule has 32 heavy (non-hydrogen) atoms. The zero-order valence-electron chi connectivity index (χ0n) is 18.4. The molecule has 2 heterocycles. The van der Waals surface area contributed by atoms with Crippen LogP contribution in [0.5, 0.6) is 0 Å². The molecule has 1 aliphatic heterocycles. The van der Waals surface area contributed by atoms with E-state index in [-0.39, 0.29) is 18.4 Å². The molecule has 0 radical (unpaired) electrons. The molecule has 7 nitrogen and oxygen atoms in total. The number of H-pyrrole nitrogens is 1. The minimum Gasteiger partial charge on any atom is -0.481 e. The van der Waals surface area contributed by atoms with Gasteiger partial charge < -0.3 is 20.1 Å². The van der Waals surface area contributed by atoms with Crippen LogP contribution in [0.15, 0.2) is 48.5 Å². The first-order chi connectivity index (χ1) is 15.3. The summed E-state index contributed by atoms with van der Waals surface area (Å²) in [5.41, 5.74) is 2.67. The Morgan fingerprint density at radius 3 is 2.47 bits per heavy atom. The van der Waals surface area contributed by atoms with Crippen molar-refractivity contribution in [3.05, 3.63) is 65.2 Å². The molecular weight excluding hydrogens is 406 g/mol. The summed E-state index contributed by atoms with van der Waals surface area (Å²) in [5, 5.41) is 24.3. The Morgan fingerprint density at radius 1 is 1.12 bits per heavy atom. The standard InChI is InChI=1S/C25H29N3O4/c1-16-7-3-5-9-19(16)25(32)11-13-28(14-12-25)24(31)27-23-22(17(2)15-21(29)30)18-8-4-6-10-20(18)26-23/h3-10,17,26,32H,11-15H2,1-2H3,(H,27,31)(H,29,30). The van der Waals surface area contributed by atoms with Crippen molar-refractivity contribution in [3.63, 3.8) is 0 Å². The highest BCUT2D eigenvalue weighted by Gasteiger charge is 2.36. The van der Waals surface area contributed by atoms with Gasteiger partial charge in [0, 0.05) is 29.6 Å². The number of urea groups is 1. The van der Waals surface area contributed by atoms with Gasteiger partial charge in [0.05, 0.1) is 12.0 Å². The van der Waals surface area contributed by atoms with Gasteiger partial charge in [-0.15, -0.1) is 0 Å². The van der Waals surface area contributed by atoms with E-state index in [0.717, 1.165) is 27.6 Å². The van der Waals surface area contributed by atoms with Crippen molar-refractivity contribution in [1.82, 2.24) is 9.88 Å². The van der Waals surface area contributed by atoms with Crippen LogP contribution in [-0.2, 0) is 10.4 Å². The number of hydrogen-bond donors (Lipinski definition) is 4. The van der Waals surface area contributed by atoms with Gasteiger partial charge in [0.15, 0.2) is 0 Å². The number of carbonyl (C=O) groups excluding carboxylic acids is 1. The average Bonchev–Trinajstić information content (AvgIpc) is 3.11. The normalized spacial score (nSPS) is 16.7. The monoisotopic (exact) mass is 435 g/mol. The Bertz CT molecular complexity index is 1150. The van der Waals surface area contributed by atoms with Gasteiger partial charge in [-0.25, -0.2) is 4.79 Å². The fourth-order valence-electron chi connectivity index (χ4n) is 4.77. The summed E-state index contributed by atoms with van der Waals surface area (Å²) in [4.78, 5) is 29.3. The fraction of sp³-hybridized carbons (Fsp3) is 0.360. The number of anilines is 1. The van der Waals surface area contributed by atoms with Crippen molar-refractivity contribution in [3.8, 4) is 0 Å². The lowest BCUT2D eigenvalue weighted by Gasteiger charge is -2.39. The number of rotatable bonds is 5. The summed E-state index contributed by atoms with van der Waals surface area (Å²) in [6.07, 6.45) is 0.887. The third-order valence-corrected chi connectivity index (χ3v) is 6.48. The van der Waals surface area contributed by atoms with E-state index in [1.165, 1.54) is 0 Å². The Balaban J connectivity index is 1.51. The number of carbonyl (C=O) groups is 2. The number of piperidine rings is 1. The number of hydrogen-bond acceptors (Lipinski definition) is 3.